The Bertz CT molecular complexity index is 352. The van der Waals surface area contributed by atoms with Crippen LogP contribution >= 0.6 is 11.3 Å². The molecule has 0 bridgehead atoms. The van der Waals surface area contributed by atoms with Crippen LogP contribution in [0.5, 0.6) is 0 Å². The van der Waals surface area contributed by atoms with Gasteiger partial charge in [-0.25, -0.2) is 0 Å². The van der Waals surface area contributed by atoms with Crippen LogP contribution in [-0.2, 0) is 11.2 Å². The molecule has 0 aromatic carbocycles. The molecule has 94 valence electrons. The van der Waals surface area contributed by atoms with Crippen molar-refractivity contribution in [2.75, 3.05) is 13.1 Å². The zero-order chi connectivity index (χ0) is 12.1. The van der Waals surface area contributed by atoms with Gasteiger partial charge in [0, 0.05) is 17.8 Å². The molecule has 3 N–H and O–H groups in total. The summed E-state index contributed by atoms with van der Waals surface area (Å²) in [7, 11) is 0. The highest BCUT2D eigenvalue weighted by molar-refractivity contribution is 7.09. The molecule has 1 aliphatic carbocycles. The quantitative estimate of drug-likeness (QED) is 0.813. The zero-order valence-electron chi connectivity index (χ0n) is 10.1. The van der Waals surface area contributed by atoms with Gasteiger partial charge in [0.15, 0.2) is 0 Å². The summed E-state index contributed by atoms with van der Waals surface area (Å²) in [5.74, 6) is 0.159. The maximum absolute atomic E-state index is 11.8. The normalized spacial score (nSPS) is 17.5. The van der Waals surface area contributed by atoms with Crippen LogP contribution < -0.4 is 11.1 Å². The minimum atomic E-state index is 0.118. The summed E-state index contributed by atoms with van der Waals surface area (Å²) in [6.45, 7) is 1.38. The second-order valence-corrected chi connectivity index (χ2v) is 5.95. The molecule has 3 nitrogen and oxygen atoms in total. The molecule has 1 heterocycles. The fraction of sp³-hybridized carbons (Fsp3) is 0.615. The average Bonchev–Trinajstić information content (AvgIpc) is 2.76. The summed E-state index contributed by atoms with van der Waals surface area (Å²) in [4.78, 5) is 13.1. The third-order valence-corrected chi connectivity index (χ3v) is 4.59. The van der Waals surface area contributed by atoms with Crippen LogP contribution in [0.25, 0.3) is 0 Å². The maximum atomic E-state index is 11.8. The molecule has 1 aromatic heterocycles. The Balaban J connectivity index is 1.67. The van der Waals surface area contributed by atoms with Gasteiger partial charge in [0.25, 0.3) is 0 Å². The fourth-order valence-corrected chi connectivity index (χ4v) is 3.02. The topological polar surface area (TPSA) is 55.1 Å². The first-order chi connectivity index (χ1) is 8.24. The van der Waals surface area contributed by atoms with Gasteiger partial charge >= 0.3 is 0 Å². The van der Waals surface area contributed by atoms with Crippen LogP contribution in [-0.4, -0.2) is 19.0 Å². The van der Waals surface area contributed by atoms with E-state index in [0.29, 0.717) is 13.0 Å². The number of hydrogen-bond acceptors (Lipinski definition) is 3. The second kappa shape index (κ2) is 5.65. The lowest BCUT2D eigenvalue weighted by Crippen LogP contribution is -2.42. The second-order valence-electron chi connectivity index (χ2n) is 4.91. The average molecular weight is 252 g/mol. The van der Waals surface area contributed by atoms with Gasteiger partial charge in [-0.05, 0) is 42.7 Å². The number of nitrogens with two attached hydrogens (primary N) is 1. The summed E-state index contributed by atoms with van der Waals surface area (Å²) < 4.78 is 0. The van der Waals surface area contributed by atoms with Crippen molar-refractivity contribution in [1.29, 1.82) is 0 Å². The van der Waals surface area contributed by atoms with E-state index in [1.54, 1.807) is 11.3 Å². The van der Waals surface area contributed by atoms with E-state index in [1.165, 1.54) is 11.3 Å². The number of amides is 1. The van der Waals surface area contributed by atoms with Gasteiger partial charge in [-0.3, -0.25) is 4.79 Å². The van der Waals surface area contributed by atoms with E-state index >= 15 is 0 Å². The molecule has 0 atom stereocenters. The molecule has 0 saturated heterocycles. The molecule has 1 saturated carbocycles. The zero-order valence-corrected chi connectivity index (χ0v) is 10.9. The molecule has 1 aromatic rings. The van der Waals surface area contributed by atoms with E-state index in [1.807, 2.05) is 6.07 Å². The predicted octanol–water partition coefficient (Wildman–Crippen LogP) is 1.93. The standard InChI is InChI=1S/C13H20N2OS/c14-10-13(5-2-6-13)9-12(16)15-7-4-11-3-1-8-17-11/h1,3,8H,2,4-7,9-10,14H2,(H,15,16). The fourth-order valence-electron chi connectivity index (χ4n) is 2.31. The Morgan fingerprint density at radius 1 is 1.53 bits per heavy atom. The van der Waals surface area contributed by atoms with Gasteiger partial charge in [-0.15, -0.1) is 11.3 Å². The van der Waals surface area contributed by atoms with E-state index in [0.717, 1.165) is 25.8 Å². The minimum absolute atomic E-state index is 0.118. The molecule has 1 amide bonds. The van der Waals surface area contributed by atoms with Crippen molar-refractivity contribution in [3.05, 3.63) is 22.4 Å². The van der Waals surface area contributed by atoms with Crippen molar-refractivity contribution >= 4 is 17.2 Å². The van der Waals surface area contributed by atoms with E-state index in [9.17, 15) is 4.79 Å². The minimum Gasteiger partial charge on any atom is -0.356 e. The Kier molecular flexibility index (Phi) is 4.18. The molecule has 0 radical (unpaired) electrons. The molecular weight excluding hydrogens is 232 g/mol. The van der Waals surface area contributed by atoms with E-state index in [-0.39, 0.29) is 11.3 Å². The van der Waals surface area contributed by atoms with Crippen LogP contribution in [0.4, 0.5) is 0 Å². The van der Waals surface area contributed by atoms with E-state index < -0.39 is 0 Å². The summed E-state index contributed by atoms with van der Waals surface area (Å²) in [6, 6.07) is 4.14. The van der Waals surface area contributed by atoms with Gasteiger partial charge in [0.2, 0.25) is 5.91 Å². The lowest BCUT2D eigenvalue weighted by atomic mass is 9.66. The molecule has 17 heavy (non-hydrogen) atoms. The summed E-state index contributed by atoms with van der Waals surface area (Å²) in [6.07, 6.45) is 4.98. The van der Waals surface area contributed by atoms with Crippen LogP contribution in [0, 0.1) is 5.41 Å². The Morgan fingerprint density at radius 2 is 2.35 bits per heavy atom. The first-order valence-corrected chi connectivity index (χ1v) is 7.11. The highest BCUT2D eigenvalue weighted by atomic mass is 32.1. The first kappa shape index (κ1) is 12.6. The van der Waals surface area contributed by atoms with Crippen molar-refractivity contribution < 1.29 is 4.79 Å². The lowest BCUT2D eigenvalue weighted by molar-refractivity contribution is -0.124. The van der Waals surface area contributed by atoms with Gasteiger partial charge in [0.1, 0.15) is 0 Å². The highest BCUT2D eigenvalue weighted by Gasteiger charge is 2.37. The number of thiophene rings is 1. The lowest BCUT2D eigenvalue weighted by Gasteiger charge is -2.40. The molecule has 4 heteroatoms. The maximum Gasteiger partial charge on any atom is 0.220 e. The number of hydrogen-bond donors (Lipinski definition) is 2. The van der Waals surface area contributed by atoms with E-state index in [4.69, 9.17) is 5.73 Å². The molecule has 0 spiro atoms. The summed E-state index contributed by atoms with van der Waals surface area (Å²) >= 11 is 1.74. The van der Waals surface area contributed by atoms with Gasteiger partial charge < -0.3 is 11.1 Å². The molecule has 1 fully saturated rings. The molecule has 0 unspecified atom stereocenters. The Hall–Kier alpha value is -0.870. The Labute approximate surface area is 106 Å². The van der Waals surface area contributed by atoms with E-state index in [2.05, 4.69) is 16.8 Å². The highest BCUT2D eigenvalue weighted by Crippen LogP contribution is 2.42. The third-order valence-electron chi connectivity index (χ3n) is 3.66. The van der Waals surface area contributed by atoms with Crippen LogP contribution in [0.1, 0.15) is 30.6 Å². The molecular formula is C13H20N2OS. The molecule has 0 aliphatic heterocycles. The van der Waals surface area contributed by atoms with Crippen LogP contribution in [0.15, 0.2) is 17.5 Å². The monoisotopic (exact) mass is 252 g/mol. The number of carbonyl (C=O) groups excluding carboxylic acids is 1. The largest absolute Gasteiger partial charge is 0.356 e. The van der Waals surface area contributed by atoms with Crippen molar-refractivity contribution in [2.45, 2.75) is 32.1 Å². The number of nitrogens with one attached hydrogen (secondary N) is 1. The Morgan fingerprint density at radius 3 is 2.88 bits per heavy atom. The van der Waals surface area contributed by atoms with Crippen LogP contribution in [0.3, 0.4) is 0 Å². The van der Waals surface area contributed by atoms with Crippen molar-refractivity contribution in [3.8, 4) is 0 Å². The molecule has 1 aliphatic rings. The van der Waals surface area contributed by atoms with Crippen LogP contribution in [0.2, 0.25) is 0 Å². The predicted molar refractivity (Wildman–Crippen MR) is 71.0 cm³/mol. The van der Waals surface area contributed by atoms with Gasteiger partial charge in [-0.2, -0.15) is 0 Å². The van der Waals surface area contributed by atoms with Crippen molar-refractivity contribution in [3.63, 3.8) is 0 Å². The first-order valence-electron chi connectivity index (χ1n) is 6.23. The smallest absolute Gasteiger partial charge is 0.220 e. The number of carbonyl (C=O) groups is 1. The SMILES string of the molecule is NCC1(CC(=O)NCCc2cccs2)CCC1. The van der Waals surface area contributed by atoms with Crippen molar-refractivity contribution in [2.24, 2.45) is 11.1 Å². The van der Waals surface area contributed by atoms with Crippen molar-refractivity contribution in [1.82, 2.24) is 5.32 Å². The van der Waals surface area contributed by atoms with Gasteiger partial charge in [-0.1, -0.05) is 12.5 Å². The number of rotatable bonds is 6. The molecule has 2 rings (SSSR count). The summed E-state index contributed by atoms with van der Waals surface area (Å²) in [5.41, 5.74) is 5.86. The third kappa shape index (κ3) is 3.30. The van der Waals surface area contributed by atoms with Gasteiger partial charge in [0.05, 0.1) is 0 Å². The summed E-state index contributed by atoms with van der Waals surface area (Å²) in [5, 5.41) is 5.06.